The molecular formula is C19H24N2O2S. The van der Waals surface area contributed by atoms with Crippen LogP contribution >= 0.6 is 11.3 Å². The molecule has 1 fully saturated rings. The van der Waals surface area contributed by atoms with Crippen molar-refractivity contribution in [2.45, 2.75) is 51.4 Å². The predicted molar refractivity (Wildman–Crippen MR) is 94.3 cm³/mol. The molecule has 4 nitrogen and oxygen atoms in total. The molecule has 2 aliphatic rings. The standard InChI is InChI=1S/C19H24N2O2S/c1-13-2-3-17-16(10-13)19(23-20-17)15-4-7-21(8-5-15)18(22)11-14-6-9-24-12-14/h6,9,12-13,15H,2-5,7-8,10-11H2,1H3/t13-/m1/s1. The molecule has 1 aliphatic heterocycles. The van der Waals surface area contributed by atoms with E-state index in [0.717, 1.165) is 56.0 Å². The van der Waals surface area contributed by atoms with Gasteiger partial charge in [-0.3, -0.25) is 4.79 Å². The van der Waals surface area contributed by atoms with Crippen molar-refractivity contribution in [1.29, 1.82) is 0 Å². The van der Waals surface area contributed by atoms with Crippen LogP contribution < -0.4 is 0 Å². The quantitative estimate of drug-likeness (QED) is 0.850. The van der Waals surface area contributed by atoms with Crippen LogP contribution in [0.4, 0.5) is 0 Å². The van der Waals surface area contributed by atoms with E-state index in [0.29, 0.717) is 12.3 Å². The zero-order chi connectivity index (χ0) is 16.5. The van der Waals surface area contributed by atoms with Crippen molar-refractivity contribution < 1.29 is 9.32 Å². The molecule has 24 heavy (non-hydrogen) atoms. The highest BCUT2D eigenvalue weighted by Gasteiger charge is 2.31. The minimum atomic E-state index is 0.250. The molecule has 0 spiro atoms. The van der Waals surface area contributed by atoms with Crippen LogP contribution in [0.5, 0.6) is 0 Å². The van der Waals surface area contributed by atoms with Gasteiger partial charge in [-0.2, -0.15) is 11.3 Å². The van der Waals surface area contributed by atoms with Crippen LogP contribution in [-0.2, 0) is 24.1 Å². The third-order valence-electron chi connectivity index (χ3n) is 5.48. The summed E-state index contributed by atoms with van der Waals surface area (Å²) in [6.07, 6.45) is 5.89. The molecule has 2 aromatic rings. The molecule has 0 aromatic carbocycles. The Balaban J connectivity index is 1.38. The highest BCUT2D eigenvalue weighted by atomic mass is 32.1. The lowest BCUT2D eigenvalue weighted by molar-refractivity contribution is -0.131. The second-order valence-corrected chi connectivity index (χ2v) is 8.06. The Morgan fingerprint density at radius 3 is 2.96 bits per heavy atom. The summed E-state index contributed by atoms with van der Waals surface area (Å²) >= 11 is 1.65. The lowest BCUT2D eigenvalue weighted by atomic mass is 9.83. The summed E-state index contributed by atoms with van der Waals surface area (Å²) in [6.45, 7) is 3.97. The Morgan fingerprint density at radius 1 is 1.38 bits per heavy atom. The second kappa shape index (κ2) is 6.71. The Hall–Kier alpha value is -1.62. The smallest absolute Gasteiger partial charge is 0.227 e. The minimum absolute atomic E-state index is 0.250. The van der Waals surface area contributed by atoms with Gasteiger partial charge in [-0.15, -0.1) is 0 Å². The first-order valence-corrected chi connectivity index (χ1v) is 9.91. The molecule has 4 rings (SSSR count). The monoisotopic (exact) mass is 344 g/mol. The van der Waals surface area contributed by atoms with Crippen LogP contribution in [0.3, 0.4) is 0 Å². The largest absolute Gasteiger partial charge is 0.361 e. The molecule has 128 valence electrons. The van der Waals surface area contributed by atoms with Crippen molar-refractivity contribution in [3.8, 4) is 0 Å². The zero-order valence-electron chi connectivity index (χ0n) is 14.2. The van der Waals surface area contributed by atoms with E-state index in [1.807, 2.05) is 16.3 Å². The summed E-state index contributed by atoms with van der Waals surface area (Å²) in [5, 5.41) is 8.41. The number of aromatic nitrogens is 1. The van der Waals surface area contributed by atoms with Crippen molar-refractivity contribution in [3.63, 3.8) is 0 Å². The van der Waals surface area contributed by atoms with Gasteiger partial charge in [-0.05, 0) is 60.4 Å². The maximum Gasteiger partial charge on any atom is 0.227 e. The van der Waals surface area contributed by atoms with E-state index in [-0.39, 0.29) is 5.91 Å². The van der Waals surface area contributed by atoms with Crippen LogP contribution in [-0.4, -0.2) is 29.1 Å². The summed E-state index contributed by atoms with van der Waals surface area (Å²) in [5.74, 6) is 2.52. The van der Waals surface area contributed by atoms with E-state index in [4.69, 9.17) is 4.52 Å². The predicted octanol–water partition coefficient (Wildman–Crippen LogP) is 3.81. The van der Waals surface area contributed by atoms with Gasteiger partial charge in [-0.1, -0.05) is 12.1 Å². The summed E-state index contributed by atoms with van der Waals surface area (Å²) in [7, 11) is 0. The Kier molecular flexibility index (Phi) is 4.44. The van der Waals surface area contributed by atoms with Gasteiger partial charge >= 0.3 is 0 Å². The van der Waals surface area contributed by atoms with Gasteiger partial charge in [0.05, 0.1) is 12.1 Å². The van der Waals surface area contributed by atoms with Gasteiger partial charge in [0.2, 0.25) is 5.91 Å². The van der Waals surface area contributed by atoms with Crippen molar-refractivity contribution in [3.05, 3.63) is 39.4 Å². The summed E-state index contributed by atoms with van der Waals surface area (Å²) in [5.41, 5.74) is 3.68. The molecule has 3 heterocycles. The number of likely N-dealkylation sites (tertiary alicyclic amines) is 1. The molecular weight excluding hydrogens is 320 g/mol. The van der Waals surface area contributed by atoms with E-state index < -0.39 is 0 Å². The number of piperidine rings is 1. The number of amides is 1. The normalized spacial score (nSPS) is 21.7. The maximum atomic E-state index is 12.4. The number of thiophene rings is 1. The van der Waals surface area contributed by atoms with Gasteiger partial charge in [0.15, 0.2) is 0 Å². The third kappa shape index (κ3) is 3.14. The number of hydrogen-bond acceptors (Lipinski definition) is 4. The van der Waals surface area contributed by atoms with Gasteiger partial charge in [0.25, 0.3) is 0 Å². The van der Waals surface area contributed by atoms with E-state index in [1.165, 1.54) is 17.7 Å². The number of fused-ring (bicyclic) bond motifs is 1. The van der Waals surface area contributed by atoms with Crippen molar-refractivity contribution >= 4 is 17.2 Å². The molecule has 1 atom stereocenters. The van der Waals surface area contributed by atoms with Gasteiger partial charge in [-0.25, -0.2) is 0 Å². The third-order valence-corrected chi connectivity index (χ3v) is 6.21. The average molecular weight is 344 g/mol. The molecule has 2 aromatic heterocycles. The maximum absolute atomic E-state index is 12.4. The first-order chi connectivity index (χ1) is 11.7. The highest BCUT2D eigenvalue weighted by Crippen LogP contribution is 2.36. The fourth-order valence-corrected chi connectivity index (χ4v) is 4.67. The fraction of sp³-hybridized carbons (Fsp3) is 0.579. The van der Waals surface area contributed by atoms with Crippen LogP contribution in [0.15, 0.2) is 21.3 Å². The molecule has 5 heteroatoms. The summed E-state index contributed by atoms with van der Waals surface area (Å²) in [4.78, 5) is 14.4. The Bertz CT molecular complexity index is 699. The lowest BCUT2D eigenvalue weighted by Crippen LogP contribution is -2.38. The molecule has 0 bridgehead atoms. The van der Waals surface area contributed by atoms with Crippen LogP contribution in [0.1, 0.15) is 54.7 Å². The van der Waals surface area contributed by atoms with Crippen LogP contribution in [0.25, 0.3) is 0 Å². The number of aryl methyl sites for hydroxylation is 1. The number of nitrogens with zero attached hydrogens (tertiary/aromatic N) is 2. The second-order valence-electron chi connectivity index (χ2n) is 7.28. The average Bonchev–Trinajstić information content (AvgIpc) is 3.24. The summed E-state index contributed by atoms with van der Waals surface area (Å²) in [6, 6.07) is 2.04. The molecule has 1 aliphatic carbocycles. The SMILES string of the molecule is C[C@@H]1CCc2noc(C3CCN(C(=O)Cc4ccsc4)CC3)c2C1. The van der Waals surface area contributed by atoms with Gasteiger partial charge in [0, 0.05) is 24.6 Å². The molecule has 0 unspecified atom stereocenters. The van der Waals surface area contributed by atoms with Crippen molar-refractivity contribution in [2.75, 3.05) is 13.1 Å². The number of hydrogen-bond donors (Lipinski definition) is 0. The van der Waals surface area contributed by atoms with Crippen molar-refractivity contribution in [1.82, 2.24) is 10.1 Å². The molecule has 1 saturated heterocycles. The highest BCUT2D eigenvalue weighted by molar-refractivity contribution is 7.07. The Labute approximate surface area is 146 Å². The summed E-state index contributed by atoms with van der Waals surface area (Å²) < 4.78 is 5.73. The molecule has 1 amide bonds. The molecule has 0 N–H and O–H groups in total. The topological polar surface area (TPSA) is 46.3 Å². The van der Waals surface area contributed by atoms with Crippen LogP contribution in [0.2, 0.25) is 0 Å². The number of rotatable bonds is 3. The number of carbonyl (C=O) groups excluding carboxylic acids is 1. The molecule has 0 radical (unpaired) electrons. The van der Waals surface area contributed by atoms with Crippen molar-refractivity contribution in [2.24, 2.45) is 5.92 Å². The zero-order valence-corrected chi connectivity index (χ0v) is 15.0. The van der Waals surface area contributed by atoms with E-state index in [9.17, 15) is 4.79 Å². The van der Waals surface area contributed by atoms with E-state index in [1.54, 1.807) is 11.3 Å². The number of carbonyl (C=O) groups is 1. The van der Waals surface area contributed by atoms with Gasteiger partial charge < -0.3 is 9.42 Å². The minimum Gasteiger partial charge on any atom is -0.361 e. The fourth-order valence-electron chi connectivity index (χ4n) is 4.00. The first kappa shape index (κ1) is 15.9. The van der Waals surface area contributed by atoms with E-state index in [2.05, 4.69) is 17.5 Å². The Morgan fingerprint density at radius 2 is 2.21 bits per heavy atom. The lowest BCUT2D eigenvalue weighted by Gasteiger charge is -2.31. The van der Waals surface area contributed by atoms with Crippen LogP contribution in [0, 0.1) is 5.92 Å². The molecule has 0 saturated carbocycles. The first-order valence-electron chi connectivity index (χ1n) is 8.97. The van der Waals surface area contributed by atoms with Gasteiger partial charge in [0.1, 0.15) is 5.76 Å². The van der Waals surface area contributed by atoms with E-state index >= 15 is 0 Å².